The number of aromatic nitrogens is 3. The lowest BCUT2D eigenvalue weighted by Gasteiger charge is -2.13. The van der Waals surface area contributed by atoms with Crippen LogP contribution in [0.25, 0.3) is 4.96 Å². The van der Waals surface area contributed by atoms with Gasteiger partial charge < -0.3 is 5.32 Å². The second kappa shape index (κ2) is 5.75. The Balaban J connectivity index is 1.78. The zero-order chi connectivity index (χ0) is 14.9. The maximum Gasteiger partial charge on any atom is 0.275 e. The average molecular weight is 306 g/mol. The van der Waals surface area contributed by atoms with Gasteiger partial charge in [0.2, 0.25) is 10.1 Å². The molecule has 0 unspecified atom stereocenters. The Labute approximate surface area is 128 Å². The molecule has 0 atom stereocenters. The number of hydrogen-bond acceptors (Lipinski definition) is 5. The summed E-state index contributed by atoms with van der Waals surface area (Å²) in [6, 6.07) is 1.60. The Morgan fingerprint density at radius 2 is 2.19 bits per heavy atom. The van der Waals surface area contributed by atoms with E-state index < -0.39 is 0 Å². The van der Waals surface area contributed by atoms with Gasteiger partial charge in [-0.15, -0.1) is 5.10 Å². The first-order valence-corrected chi connectivity index (χ1v) is 8.61. The standard InChI is InChI=1S/C15H22N4OS/c1-3-5-11-9-12(20)19-14(17-11)21-13(18-19)16-10-15(6-4-2)7-8-15/h9H,3-8,10H2,1-2H3,(H,16,18). The van der Waals surface area contributed by atoms with E-state index in [-0.39, 0.29) is 5.56 Å². The maximum atomic E-state index is 12.0. The van der Waals surface area contributed by atoms with Crippen LogP contribution in [0.3, 0.4) is 0 Å². The van der Waals surface area contributed by atoms with Gasteiger partial charge in [-0.25, -0.2) is 4.98 Å². The molecule has 114 valence electrons. The Hall–Kier alpha value is -1.43. The van der Waals surface area contributed by atoms with Crippen LogP contribution in [0.15, 0.2) is 10.9 Å². The quantitative estimate of drug-likeness (QED) is 0.854. The molecular formula is C15H22N4OS. The highest BCUT2D eigenvalue weighted by molar-refractivity contribution is 7.20. The smallest absolute Gasteiger partial charge is 0.275 e. The summed E-state index contributed by atoms with van der Waals surface area (Å²) in [6.07, 6.45) is 6.93. The Bertz CT molecular complexity index is 687. The van der Waals surface area contributed by atoms with Crippen LogP contribution in [0.5, 0.6) is 0 Å². The van der Waals surface area contributed by atoms with E-state index in [2.05, 4.69) is 29.2 Å². The van der Waals surface area contributed by atoms with Crippen LogP contribution in [0.2, 0.25) is 0 Å². The van der Waals surface area contributed by atoms with Gasteiger partial charge in [0.1, 0.15) is 0 Å². The lowest BCUT2D eigenvalue weighted by atomic mass is 10.0. The third-order valence-electron chi connectivity index (χ3n) is 4.16. The number of aryl methyl sites for hydroxylation is 1. The van der Waals surface area contributed by atoms with Crippen LogP contribution in [-0.4, -0.2) is 21.1 Å². The summed E-state index contributed by atoms with van der Waals surface area (Å²) < 4.78 is 1.41. The van der Waals surface area contributed by atoms with Crippen molar-refractivity contribution in [3.8, 4) is 0 Å². The summed E-state index contributed by atoms with van der Waals surface area (Å²) in [5.74, 6) is 0. The van der Waals surface area contributed by atoms with Crippen molar-refractivity contribution in [2.75, 3.05) is 11.9 Å². The molecule has 2 aromatic rings. The van der Waals surface area contributed by atoms with E-state index in [0.29, 0.717) is 10.4 Å². The van der Waals surface area contributed by atoms with Crippen molar-refractivity contribution in [3.63, 3.8) is 0 Å². The fraction of sp³-hybridized carbons (Fsp3) is 0.667. The molecule has 0 spiro atoms. The zero-order valence-corrected chi connectivity index (χ0v) is 13.5. The third-order valence-corrected chi connectivity index (χ3v) is 5.02. The highest BCUT2D eigenvalue weighted by atomic mass is 32.1. The minimum Gasteiger partial charge on any atom is -0.360 e. The normalized spacial score (nSPS) is 16.3. The van der Waals surface area contributed by atoms with Gasteiger partial charge in [-0.05, 0) is 31.1 Å². The summed E-state index contributed by atoms with van der Waals surface area (Å²) in [7, 11) is 0. The molecule has 0 saturated heterocycles. The number of hydrogen-bond donors (Lipinski definition) is 1. The third kappa shape index (κ3) is 3.10. The van der Waals surface area contributed by atoms with Gasteiger partial charge in [0.05, 0.1) is 0 Å². The van der Waals surface area contributed by atoms with Crippen LogP contribution in [0.1, 0.15) is 51.6 Å². The molecule has 0 radical (unpaired) electrons. The van der Waals surface area contributed by atoms with Crippen molar-refractivity contribution in [3.05, 3.63) is 22.1 Å². The summed E-state index contributed by atoms with van der Waals surface area (Å²) in [4.78, 5) is 17.3. The van der Waals surface area contributed by atoms with Gasteiger partial charge in [0.25, 0.3) is 5.56 Å². The lowest BCUT2D eigenvalue weighted by Crippen LogP contribution is -2.17. The van der Waals surface area contributed by atoms with Crippen molar-refractivity contribution in [2.24, 2.45) is 5.41 Å². The van der Waals surface area contributed by atoms with Crippen molar-refractivity contribution in [1.82, 2.24) is 14.6 Å². The summed E-state index contributed by atoms with van der Waals surface area (Å²) in [5, 5.41) is 8.56. The minimum absolute atomic E-state index is 0.0811. The maximum absolute atomic E-state index is 12.0. The monoisotopic (exact) mass is 306 g/mol. The van der Waals surface area contributed by atoms with E-state index in [0.717, 1.165) is 30.2 Å². The summed E-state index contributed by atoms with van der Waals surface area (Å²) in [6.45, 7) is 5.28. The van der Waals surface area contributed by atoms with Gasteiger partial charge >= 0.3 is 0 Å². The highest BCUT2D eigenvalue weighted by Gasteiger charge is 2.41. The summed E-state index contributed by atoms with van der Waals surface area (Å²) >= 11 is 1.47. The van der Waals surface area contributed by atoms with Crippen LogP contribution in [-0.2, 0) is 6.42 Å². The molecule has 1 aliphatic carbocycles. The zero-order valence-electron chi connectivity index (χ0n) is 12.7. The van der Waals surface area contributed by atoms with E-state index in [1.54, 1.807) is 6.07 Å². The van der Waals surface area contributed by atoms with Crippen molar-refractivity contribution >= 4 is 21.4 Å². The van der Waals surface area contributed by atoms with Crippen molar-refractivity contribution in [2.45, 2.75) is 52.4 Å². The van der Waals surface area contributed by atoms with Gasteiger partial charge in [-0.1, -0.05) is 38.0 Å². The van der Waals surface area contributed by atoms with E-state index in [9.17, 15) is 4.79 Å². The van der Waals surface area contributed by atoms with Crippen molar-refractivity contribution < 1.29 is 0 Å². The lowest BCUT2D eigenvalue weighted by molar-refractivity contribution is 0.485. The van der Waals surface area contributed by atoms with Crippen LogP contribution in [0, 0.1) is 5.41 Å². The molecule has 2 aromatic heterocycles. The molecule has 2 heterocycles. The predicted octanol–water partition coefficient (Wildman–Crippen LogP) is 3.10. The van der Waals surface area contributed by atoms with Gasteiger partial charge in [-0.2, -0.15) is 4.52 Å². The second-order valence-corrected chi connectivity index (χ2v) is 7.00. The van der Waals surface area contributed by atoms with E-state index in [1.165, 1.54) is 41.5 Å². The van der Waals surface area contributed by atoms with Crippen molar-refractivity contribution in [1.29, 1.82) is 0 Å². The first-order valence-electron chi connectivity index (χ1n) is 7.79. The van der Waals surface area contributed by atoms with Crippen LogP contribution < -0.4 is 10.9 Å². The van der Waals surface area contributed by atoms with Gasteiger partial charge in [0, 0.05) is 18.3 Å². The molecule has 1 N–H and O–H groups in total. The number of fused-ring (bicyclic) bond motifs is 1. The molecular weight excluding hydrogens is 284 g/mol. The first kappa shape index (κ1) is 14.5. The van der Waals surface area contributed by atoms with E-state index >= 15 is 0 Å². The van der Waals surface area contributed by atoms with Crippen LogP contribution in [0.4, 0.5) is 5.13 Å². The summed E-state index contributed by atoms with van der Waals surface area (Å²) in [5.41, 5.74) is 1.25. The second-order valence-electron chi connectivity index (χ2n) is 6.04. The Kier molecular flexibility index (Phi) is 3.97. The molecule has 0 bridgehead atoms. The number of anilines is 1. The average Bonchev–Trinajstić information content (AvgIpc) is 3.08. The van der Waals surface area contributed by atoms with Crippen LogP contribution >= 0.6 is 11.3 Å². The molecule has 1 fully saturated rings. The molecule has 6 heteroatoms. The highest BCUT2D eigenvalue weighted by Crippen LogP contribution is 2.49. The fourth-order valence-electron chi connectivity index (χ4n) is 2.80. The topological polar surface area (TPSA) is 59.3 Å². The predicted molar refractivity (Wildman–Crippen MR) is 86.2 cm³/mol. The van der Waals surface area contributed by atoms with E-state index in [4.69, 9.17) is 0 Å². The molecule has 3 rings (SSSR count). The Morgan fingerprint density at radius 3 is 2.86 bits per heavy atom. The molecule has 1 aliphatic rings. The number of nitrogens with one attached hydrogen (secondary N) is 1. The molecule has 0 aliphatic heterocycles. The largest absolute Gasteiger partial charge is 0.360 e. The Morgan fingerprint density at radius 1 is 1.38 bits per heavy atom. The van der Waals surface area contributed by atoms with Gasteiger partial charge in [-0.3, -0.25) is 4.79 Å². The first-order chi connectivity index (χ1) is 10.2. The molecule has 5 nitrogen and oxygen atoms in total. The molecule has 1 saturated carbocycles. The van der Waals surface area contributed by atoms with E-state index in [1.807, 2.05) is 0 Å². The minimum atomic E-state index is -0.0811. The molecule has 21 heavy (non-hydrogen) atoms. The van der Waals surface area contributed by atoms with Gasteiger partial charge in [0.15, 0.2) is 0 Å². The SMILES string of the molecule is CCCc1cc(=O)n2nc(NCC3(CCC)CC3)sc2n1. The fourth-order valence-corrected chi connectivity index (χ4v) is 3.62. The molecule has 0 amide bonds. The number of rotatable bonds is 7. The molecule has 0 aromatic carbocycles. The number of nitrogens with zero attached hydrogens (tertiary/aromatic N) is 3.